The standard InChI is InChI=1S/C28H34N2O5/c1-18(13-14-26(31)29-16-19-7-6-12-20(19)27(32)33)15-30-28(34)35-17-25-23-10-4-2-8-21(23)22-9-3-5-11-24(22)25/h2-5,8-11,18-20,25H,6-7,12-17H2,1H3,(H,29,31)(H,30,34)(H,32,33)/t18?,19-,20-/m1/s1. The Morgan fingerprint density at radius 2 is 1.66 bits per heavy atom. The molecule has 0 saturated heterocycles. The average molecular weight is 479 g/mol. The topological polar surface area (TPSA) is 105 Å². The summed E-state index contributed by atoms with van der Waals surface area (Å²) < 4.78 is 5.56. The molecule has 2 aliphatic carbocycles. The molecule has 186 valence electrons. The maximum absolute atomic E-state index is 12.3. The minimum absolute atomic E-state index is 0.0177. The molecule has 4 rings (SSSR count). The molecule has 0 aromatic heterocycles. The Morgan fingerprint density at radius 3 is 2.31 bits per heavy atom. The summed E-state index contributed by atoms with van der Waals surface area (Å²) in [6.07, 6.45) is 2.95. The summed E-state index contributed by atoms with van der Waals surface area (Å²) in [5, 5.41) is 15.0. The Hall–Kier alpha value is -3.35. The van der Waals surface area contributed by atoms with Crippen LogP contribution in [0.4, 0.5) is 4.79 Å². The number of carboxylic acid groups (broad SMARTS) is 1. The third kappa shape index (κ3) is 6.02. The molecule has 0 spiro atoms. The highest BCUT2D eigenvalue weighted by molar-refractivity contribution is 5.79. The number of hydrogen-bond donors (Lipinski definition) is 3. The minimum atomic E-state index is -0.769. The van der Waals surface area contributed by atoms with Crippen LogP contribution in [0.5, 0.6) is 0 Å². The lowest BCUT2D eigenvalue weighted by Crippen LogP contribution is -2.34. The van der Waals surface area contributed by atoms with E-state index in [0.717, 1.165) is 12.8 Å². The summed E-state index contributed by atoms with van der Waals surface area (Å²) in [6.45, 7) is 3.10. The van der Waals surface area contributed by atoms with Gasteiger partial charge in [0.25, 0.3) is 0 Å². The summed E-state index contributed by atoms with van der Waals surface area (Å²) in [5.74, 6) is -1.04. The van der Waals surface area contributed by atoms with Crippen molar-refractivity contribution >= 4 is 18.0 Å². The van der Waals surface area contributed by atoms with Gasteiger partial charge in [0, 0.05) is 25.4 Å². The largest absolute Gasteiger partial charge is 0.481 e. The number of carbonyl (C=O) groups excluding carboxylic acids is 2. The van der Waals surface area contributed by atoms with E-state index in [1.54, 1.807) is 0 Å². The van der Waals surface area contributed by atoms with Crippen molar-refractivity contribution < 1.29 is 24.2 Å². The number of rotatable bonds is 10. The maximum Gasteiger partial charge on any atom is 0.407 e. The van der Waals surface area contributed by atoms with Gasteiger partial charge < -0.3 is 20.5 Å². The molecule has 35 heavy (non-hydrogen) atoms. The van der Waals surface area contributed by atoms with Crippen LogP contribution >= 0.6 is 0 Å². The van der Waals surface area contributed by atoms with E-state index in [0.29, 0.717) is 32.4 Å². The van der Waals surface area contributed by atoms with Gasteiger partial charge in [-0.05, 0) is 53.4 Å². The van der Waals surface area contributed by atoms with Gasteiger partial charge in [0.2, 0.25) is 5.91 Å². The van der Waals surface area contributed by atoms with E-state index in [1.807, 2.05) is 31.2 Å². The highest BCUT2D eigenvalue weighted by Crippen LogP contribution is 2.44. The third-order valence-corrected chi connectivity index (χ3v) is 7.34. The number of nitrogens with one attached hydrogen (secondary N) is 2. The van der Waals surface area contributed by atoms with Crippen molar-refractivity contribution in [1.29, 1.82) is 0 Å². The summed E-state index contributed by atoms with van der Waals surface area (Å²) in [5.41, 5.74) is 4.73. The summed E-state index contributed by atoms with van der Waals surface area (Å²) in [6, 6.07) is 16.4. The zero-order chi connectivity index (χ0) is 24.8. The summed E-state index contributed by atoms with van der Waals surface area (Å²) in [4.78, 5) is 35.8. The Bertz CT molecular complexity index is 1020. The lowest BCUT2D eigenvalue weighted by molar-refractivity contribution is -0.143. The normalized spacial score (nSPS) is 19.5. The molecule has 7 heteroatoms. The van der Waals surface area contributed by atoms with Gasteiger partial charge in [0.15, 0.2) is 0 Å². The van der Waals surface area contributed by atoms with Gasteiger partial charge in [0.1, 0.15) is 6.61 Å². The monoisotopic (exact) mass is 478 g/mol. The van der Waals surface area contributed by atoms with Gasteiger partial charge in [-0.2, -0.15) is 0 Å². The molecule has 2 aromatic carbocycles. The lowest BCUT2D eigenvalue weighted by atomic mass is 9.96. The molecule has 3 N–H and O–H groups in total. The van der Waals surface area contributed by atoms with E-state index in [1.165, 1.54) is 22.3 Å². The van der Waals surface area contributed by atoms with Crippen molar-refractivity contribution in [2.24, 2.45) is 17.8 Å². The van der Waals surface area contributed by atoms with Crippen molar-refractivity contribution in [3.63, 3.8) is 0 Å². The first-order chi connectivity index (χ1) is 16.9. The fraction of sp³-hybridized carbons (Fsp3) is 0.464. The van der Waals surface area contributed by atoms with E-state index in [-0.39, 0.29) is 36.2 Å². The first kappa shape index (κ1) is 24.8. The van der Waals surface area contributed by atoms with E-state index in [2.05, 4.69) is 34.9 Å². The number of amides is 2. The SMILES string of the molecule is CC(CCC(=O)NC[C@H]1CCC[C@H]1C(=O)O)CNC(=O)OCC1c2ccccc2-c2ccccc21. The summed E-state index contributed by atoms with van der Waals surface area (Å²) in [7, 11) is 0. The second-order valence-electron chi connectivity index (χ2n) is 9.79. The number of aliphatic carboxylic acids is 1. The molecule has 2 aliphatic rings. The van der Waals surface area contributed by atoms with Gasteiger partial charge in [-0.15, -0.1) is 0 Å². The Balaban J connectivity index is 1.16. The predicted octanol–water partition coefficient (Wildman–Crippen LogP) is 4.56. The molecule has 2 amide bonds. The fourth-order valence-electron chi connectivity index (χ4n) is 5.33. The molecule has 3 atom stereocenters. The first-order valence-electron chi connectivity index (χ1n) is 12.5. The van der Waals surface area contributed by atoms with Gasteiger partial charge in [-0.1, -0.05) is 61.9 Å². The molecule has 0 bridgehead atoms. The third-order valence-electron chi connectivity index (χ3n) is 7.34. The van der Waals surface area contributed by atoms with Crippen LogP contribution in [0.2, 0.25) is 0 Å². The lowest BCUT2D eigenvalue weighted by Gasteiger charge is -2.17. The highest BCUT2D eigenvalue weighted by atomic mass is 16.5. The number of hydrogen-bond acceptors (Lipinski definition) is 4. The van der Waals surface area contributed by atoms with Gasteiger partial charge >= 0.3 is 12.1 Å². The van der Waals surface area contributed by atoms with Crippen molar-refractivity contribution in [2.45, 2.75) is 44.9 Å². The number of carboxylic acids is 1. The number of alkyl carbamates (subject to hydrolysis) is 1. The molecule has 1 saturated carbocycles. The van der Waals surface area contributed by atoms with Crippen molar-refractivity contribution in [3.05, 3.63) is 59.7 Å². The van der Waals surface area contributed by atoms with Crippen molar-refractivity contribution in [1.82, 2.24) is 10.6 Å². The second-order valence-corrected chi connectivity index (χ2v) is 9.79. The van der Waals surface area contributed by atoms with E-state index < -0.39 is 12.1 Å². The van der Waals surface area contributed by atoms with Gasteiger partial charge in [-0.3, -0.25) is 9.59 Å². The van der Waals surface area contributed by atoms with E-state index in [9.17, 15) is 19.5 Å². The minimum Gasteiger partial charge on any atom is -0.481 e. The second kappa shape index (κ2) is 11.4. The van der Waals surface area contributed by atoms with E-state index >= 15 is 0 Å². The van der Waals surface area contributed by atoms with Crippen molar-refractivity contribution in [3.8, 4) is 11.1 Å². The van der Waals surface area contributed by atoms with E-state index in [4.69, 9.17) is 4.74 Å². The molecule has 1 unspecified atom stereocenters. The van der Waals surface area contributed by atoms with Crippen molar-refractivity contribution in [2.75, 3.05) is 19.7 Å². The number of benzene rings is 2. The molecular weight excluding hydrogens is 444 g/mol. The summed E-state index contributed by atoms with van der Waals surface area (Å²) >= 11 is 0. The first-order valence-corrected chi connectivity index (χ1v) is 12.5. The van der Waals surface area contributed by atoms with Crippen LogP contribution in [-0.4, -0.2) is 42.8 Å². The van der Waals surface area contributed by atoms with Crippen LogP contribution in [0.1, 0.15) is 56.1 Å². The Kier molecular flexibility index (Phi) is 8.06. The van der Waals surface area contributed by atoms with Crippen LogP contribution in [-0.2, 0) is 14.3 Å². The predicted molar refractivity (Wildman–Crippen MR) is 133 cm³/mol. The van der Waals surface area contributed by atoms with Crippen LogP contribution < -0.4 is 10.6 Å². The average Bonchev–Trinajstić information content (AvgIpc) is 3.46. The Morgan fingerprint density at radius 1 is 1.00 bits per heavy atom. The molecule has 0 radical (unpaired) electrons. The molecular formula is C28H34N2O5. The zero-order valence-electron chi connectivity index (χ0n) is 20.2. The quantitative estimate of drug-likeness (QED) is 0.464. The van der Waals surface area contributed by atoms with Gasteiger partial charge in [0.05, 0.1) is 5.92 Å². The smallest absolute Gasteiger partial charge is 0.407 e. The number of fused-ring (bicyclic) bond motifs is 3. The van der Waals surface area contributed by atoms with Crippen LogP contribution in [0.3, 0.4) is 0 Å². The van der Waals surface area contributed by atoms with Gasteiger partial charge in [-0.25, -0.2) is 4.79 Å². The number of carbonyl (C=O) groups is 3. The fourth-order valence-corrected chi connectivity index (χ4v) is 5.33. The van der Waals surface area contributed by atoms with Crippen LogP contribution in [0.25, 0.3) is 11.1 Å². The highest BCUT2D eigenvalue weighted by Gasteiger charge is 2.33. The zero-order valence-corrected chi connectivity index (χ0v) is 20.2. The number of ether oxygens (including phenoxy) is 1. The molecule has 2 aromatic rings. The maximum atomic E-state index is 12.3. The molecule has 0 aliphatic heterocycles. The molecule has 7 nitrogen and oxygen atoms in total. The molecule has 0 heterocycles. The Labute approximate surface area is 206 Å². The van der Waals surface area contributed by atoms with Crippen LogP contribution in [0, 0.1) is 17.8 Å². The van der Waals surface area contributed by atoms with Crippen LogP contribution in [0.15, 0.2) is 48.5 Å². The molecule has 1 fully saturated rings.